The van der Waals surface area contributed by atoms with Crippen LogP contribution in [0.2, 0.25) is 0 Å². The minimum atomic E-state index is 0.228. The van der Waals surface area contributed by atoms with Crippen LogP contribution < -0.4 is 5.73 Å². The van der Waals surface area contributed by atoms with Gasteiger partial charge >= 0.3 is 0 Å². The van der Waals surface area contributed by atoms with E-state index in [0.717, 1.165) is 18.4 Å². The van der Waals surface area contributed by atoms with Gasteiger partial charge in [-0.2, -0.15) is 0 Å². The molecule has 0 spiro atoms. The molecule has 0 saturated heterocycles. The predicted molar refractivity (Wildman–Crippen MR) is 63.9 cm³/mol. The van der Waals surface area contributed by atoms with Crippen LogP contribution in [0.25, 0.3) is 0 Å². The van der Waals surface area contributed by atoms with Gasteiger partial charge in [-0.1, -0.05) is 26.2 Å². The van der Waals surface area contributed by atoms with Crippen molar-refractivity contribution in [3.05, 3.63) is 29.8 Å². The topological polar surface area (TPSA) is 43.1 Å². The van der Waals surface area contributed by atoms with E-state index in [2.05, 4.69) is 6.92 Å². The molecule has 0 aromatic heterocycles. The summed E-state index contributed by atoms with van der Waals surface area (Å²) in [6, 6.07) is 7.16. The quantitative estimate of drug-likeness (QED) is 0.439. The number of carbonyl (C=O) groups is 1. The van der Waals surface area contributed by atoms with Gasteiger partial charge in [0, 0.05) is 17.7 Å². The van der Waals surface area contributed by atoms with Crippen LogP contribution in [0.5, 0.6) is 0 Å². The molecular weight excluding hydrogens is 186 g/mol. The van der Waals surface area contributed by atoms with Gasteiger partial charge < -0.3 is 5.73 Å². The van der Waals surface area contributed by atoms with Crippen molar-refractivity contribution in [2.24, 2.45) is 0 Å². The van der Waals surface area contributed by atoms with E-state index in [1.165, 1.54) is 12.8 Å². The van der Waals surface area contributed by atoms with E-state index in [1.807, 2.05) is 0 Å². The molecule has 0 unspecified atom stereocenters. The number of Topliss-reactive ketones (excluding diaryl/α,β-unsaturated/α-hetero) is 1. The number of hydrogen-bond donors (Lipinski definition) is 1. The number of anilines is 1. The van der Waals surface area contributed by atoms with Crippen LogP contribution in [0.1, 0.15) is 49.4 Å². The van der Waals surface area contributed by atoms with Gasteiger partial charge in [0.1, 0.15) is 0 Å². The lowest BCUT2D eigenvalue weighted by Crippen LogP contribution is -1.99. The summed E-state index contributed by atoms with van der Waals surface area (Å²) >= 11 is 0. The number of nitrogens with two attached hydrogens (primary N) is 1. The van der Waals surface area contributed by atoms with Crippen molar-refractivity contribution in [1.82, 2.24) is 0 Å². The molecule has 0 atom stereocenters. The molecule has 2 N–H and O–H groups in total. The Morgan fingerprint density at radius 2 is 1.80 bits per heavy atom. The van der Waals surface area contributed by atoms with Crippen LogP contribution in [0.3, 0.4) is 0 Å². The third-order valence-corrected chi connectivity index (χ3v) is 2.49. The van der Waals surface area contributed by atoms with Crippen molar-refractivity contribution in [3.63, 3.8) is 0 Å². The molecule has 1 aromatic carbocycles. The molecule has 0 radical (unpaired) electrons. The van der Waals surface area contributed by atoms with Gasteiger partial charge in [-0.15, -0.1) is 0 Å². The standard InChI is InChI=1S/C13H19NO/c1-2-3-4-5-6-13(15)11-7-9-12(14)10-8-11/h7-10H,2-6,14H2,1H3. The Bertz CT molecular complexity index is 303. The zero-order valence-corrected chi connectivity index (χ0v) is 9.33. The number of benzene rings is 1. The Morgan fingerprint density at radius 3 is 2.40 bits per heavy atom. The molecule has 0 amide bonds. The van der Waals surface area contributed by atoms with E-state index < -0.39 is 0 Å². The van der Waals surface area contributed by atoms with E-state index >= 15 is 0 Å². The molecule has 0 aliphatic carbocycles. The molecule has 2 nitrogen and oxygen atoms in total. The largest absolute Gasteiger partial charge is 0.399 e. The monoisotopic (exact) mass is 205 g/mol. The van der Waals surface area contributed by atoms with Crippen molar-refractivity contribution in [1.29, 1.82) is 0 Å². The summed E-state index contributed by atoms with van der Waals surface area (Å²) in [7, 11) is 0. The molecule has 0 fully saturated rings. The smallest absolute Gasteiger partial charge is 0.162 e. The molecular formula is C13H19NO. The first-order chi connectivity index (χ1) is 7.24. The summed E-state index contributed by atoms with van der Waals surface area (Å²) in [5, 5.41) is 0. The lowest BCUT2D eigenvalue weighted by atomic mass is 10.0. The van der Waals surface area contributed by atoms with Crippen LogP contribution in [0.4, 0.5) is 5.69 Å². The summed E-state index contributed by atoms with van der Waals surface area (Å²) in [5.74, 6) is 0.228. The first-order valence-corrected chi connectivity index (χ1v) is 5.62. The van der Waals surface area contributed by atoms with Gasteiger partial charge in [0.25, 0.3) is 0 Å². The zero-order valence-electron chi connectivity index (χ0n) is 9.33. The Labute approximate surface area is 91.5 Å². The van der Waals surface area contributed by atoms with Crippen molar-refractivity contribution in [2.75, 3.05) is 5.73 Å². The van der Waals surface area contributed by atoms with Gasteiger partial charge in [0.05, 0.1) is 0 Å². The second-order valence-corrected chi connectivity index (χ2v) is 3.86. The highest BCUT2D eigenvalue weighted by molar-refractivity contribution is 5.96. The number of ketones is 1. The van der Waals surface area contributed by atoms with Crippen molar-refractivity contribution < 1.29 is 4.79 Å². The summed E-state index contributed by atoms with van der Waals surface area (Å²) < 4.78 is 0. The van der Waals surface area contributed by atoms with Crippen molar-refractivity contribution in [3.8, 4) is 0 Å². The second kappa shape index (κ2) is 6.23. The molecule has 0 saturated carbocycles. The Hall–Kier alpha value is -1.31. The normalized spacial score (nSPS) is 10.2. The fourth-order valence-electron chi connectivity index (χ4n) is 1.53. The highest BCUT2D eigenvalue weighted by Gasteiger charge is 2.04. The van der Waals surface area contributed by atoms with E-state index in [4.69, 9.17) is 5.73 Å². The number of hydrogen-bond acceptors (Lipinski definition) is 2. The highest BCUT2D eigenvalue weighted by atomic mass is 16.1. The van der Waals surface area contributed by atoms with Crippen LogP contribution in [0.15, 0.2) is 24.3 Å². The lowest BCUT2D eigenvalue weighted by Gasteiger charge is -2.01. The van der Waals surface area contributed by atoms with Gasteiger partial charge in [0.2, 0.25) is 0 Å². The molecule has 0 aliphatic rings. The highest BCUT2D eigenvalue weighted by Crippen LogP contribution is 2.11. The first-order valence-electron chi connectivity index (χ1n) is 5.62. The summed E-state index contributed by atoms with van der Waals surface area (Å²) in [4.78, 5) is 11.7. The number of carbonyl (C=O) groups excluding carboxylic acids is 1. The molecule has 15 heavy (non-hydrogen) atoms. The third-order valence-electron chi connectivity index (χ3n) is 2.49. The maximum absolute atomic E-state index is 11.7. The minimum absolute atomic E-state index is 0.228. The van der Waals surface area contributed by atoms with Crippen molar-refractivity contribution in [2.45, 2.75) is 39.0 Å². The lowest BCUT2D eigenvalue weighted by molar-refractivity contribution is 0.0979. The van der Waals surface area contributed by atoms with E-state index in [1.54, 1.807) is 24.3 Å². The zero-order chi connectivity index (χ0) is 11.1. The van der Waals surface area contributed by atoms with Gasteiger partial charge in [-0.3, -0.25) is 4.79 Å². The molecule has 2 heteroatoms. The average molecular weight is 205 g/mol. The summed E-state index contributed by atoms with van der Waals surface area (Å²) in [5.41, 5.74) is 7.04. The second-order valence-electron chi connectivity index (χ2n) is 3.86. The third kappa shape index (κ3) is 4.15. The molecule has 82 valence electrons. The fourth-order valence-corrected chi connectivity index (χ4v) is 1.53. The Balaban J connectivity index is 2.37. The number of unbranched alkanes of at least 4 members (excludes halogenated alkanes) is 3. The average Bonchev–Trinajstić information content (AvgIpc) is 2.25. The van der Waals surface area contributed by atoms with Gasteiger partial charge in [-0.25, -0.2) is 0 Å². The molecule has 1 rings (SSSR count). The predicted octanol–water partition coefficient (Wildman–Crippen LogP) is 3.42. The SMILES string of the molecule is CCCCCCC(=O)c1ccc(N)cc1. The molecule has 1 aromatic rings. The first kappa shape index (κ1) is 11.8. The molecule has 0 heterocycles. The Morgan fingerprint density at radius 1 is 1.13 bits per heavy atom. The number of nitrogen functional groups attached to an aromatic ring is 1. The van der Waals surface area contributed by atoms with E-state index in [-0.39, 0.29) is 5.78 Å². The minimum Gasteiger partial charge on any atom is -0.399 e. The summed E-state index contributed by atoms with van der Waals surface area (Å²) in [6.07, 6.45) is 5.23. The fraction of sp³-hybridized carbons (Fsp3) is 0.462. The van der Waals surface area contributed by atoms with Crippen LogP contribution in [-0.4, -0.2) is 5.78 Å². The van der Waals surface area contributed by atoms with Crippen LogP contribution in [0, 0.1) is 0 Å². The van der Waals surface area contributed by atoms with Gasteiger partial charge in [0.15, 0.2) is 5.78 Å². The van der Waals surface area contributed by atoms with E-state index in [9.17, 15) is 4.79 Å². The molecule has 0 bridgehead atoms. The molecule has 0 aliphatic heterocycles. The number of rotatable bonds is 6. The van der Waals surface area contributed by atoms with Crippen LogP contribution >= 0.6 is 0 Å². The maximum Gasteiger partial charge on any atom is 0.162 e. The van der Waals surface area contributed by atoms with Crippen LogP contribution in [-0.2, 0) is 0 Å². The maximum atomic E-state index is 11.7. The van der Waals surface area contributed by atoms with Crippen molar-refractivity contribution >= 4 is 11.5 Å². The van der Waals surface area contributed by atoms with E-state index in [0.29, 0.717) is 12.1 Å². The van der Waals surface area contributed by atoms with Gasteiger partial charge in [-0.05, 0) is 30.7 Å². The Kier molecular flexibility index (Phi) is 4.88. The summed E-state index contributed by atoms with van der Waals surface area (Å²) in [6.45, 7) is 2.17.